The van der Waals surface area contributed by atoms with Crippen molar-refractivity contribution in [2.45, 2.75) is 18.9 Å². The van der Waals surface area contributed by atoms with Gasteiger partial charge in [0.1, 0.15) is 17.5 Å². The SMILES string of the molecule is Fc1cc(/C=C/c2cc(OC[C@@H]3CCCN3)cnc2Cl)ccn1. The predicted molar refractivity (Wildman–Crippen MR) is 88.9 cm³/mol. The zero-order valence-corrected chi connectivity index (χ0v) is 13.3. The molecule has 0 saturated carbocycles. The molecule has 1 saturated heterocycles. The van der Waals surface area contributed by atoms with Crippen LogP contribution in [-0.4, -0.2) is 29.2 Å². The van der Waals surface area contributed by atoms with E-state index >= 15 is 0 Å². The summed E-state index contributed by atoms with van der Waals surface area (Å²) in [5.41, 5.74) is 1.43. The lowest BCUT2D eigenvalue weighted by Gasteiger charge is -2.12. The summed E-state index contributed by atoms with van der Waals surface area (Å²) < 4.78 is 18.8. The van der Waals surface area contributed by atoms with Crippen LogP contribution in [0.3, 0.4) is 0 Å². The minimum Gasteiger partial charge on any atom is -0.490 e. The van der Waals surface area contributed by atoms with Crippen LogP contribution < -0.4 is 10.1 Å². The van der Waals surface area contributed by atoms with E-state index in [4.69, 9.17) is 16.3 Å². The fourth-order valence-electron chi connectivity index (χ4n) is 2.44. The molecule has 1 fully saturated rings. The van der Waals surface area contributed by atoms with Crippen LogP contribution in [0, 0.1) is 5.95 Å². The van der Waals surface area contributed by atoms with Crippen molar-refractivity contribution in [3.8, 4) is 5.75 Å². The average Bonchev–Trinajstić information content (AvgIpc) is 3.06. The zero-order chi connectivity index (χ0) is 16.1. The van der Waals surface area contributed by atoms with E-state index < -0.39 is 5.95 Å². The Morgan fingerprint density at radius 3 is 3.04 bits per heavy atom. The highest BCUT2D eigenvalue weighted by atomic mass is 35.5. The summed E-state index contributed by atoms with van der Waals surface area (Å²) >= 11 is 6.10. The number of rotatable bonds is 5. The quantitative estimate of drug-likeness (QED) is 0.850. The van der Waals surface area contributed by atoms with Gasteiger partial charge in [0, 0.05) is 23.9 Å². The molecular weight excluding hydrogens is 317 g/mol. The van der Waals surface area contributed by atoms with Crippen LogP contribution in [0.5, 0.6) is 5.75 Å². The molecule has 2 aromatic heterocycles. The highest BCUT2D eigenvalue weighted by molar-refractivity contribution is 6.31. The summed E-state index contributed by atoms with van der Waals surface area (Å²) in [5, 5.41) is 3.75. The predicted octanol–water partition coefficient (Wildman–Crippen LogP) is 3.57. The van der Waals surface area contributed by atoms with Crippen molar-refractivity contribution in [1.82, 2.24) is 15.3 Å². The van der Waals surface area contributed by atoms with Gasteiger partial charge in [-0.15, -0.1) is 0 Å². The van der Waals surface area contributed by atoms with Gasteiger partial charge in [0.2, 0.25) is 5.95 Å². The number of nitrogens with zero attached hydrogens (tertiary/aromatic N) is 2. The van der Waals surface area contributed by atoms with Crippen LogP contribution in [0.4, 0.5) is 4.39 Å². The zero-order valence-electron chi connectivity index (χ0n) is 12.5. The van der Waals surface area contributed by atoms with Crippen molar-refractivity contribution in [2.75, 3.05) is 13.2 Å². The van der Waals surface area contributed by atoms with Gasteiger partial charge in [0.15, 0.2) is 0 Å². The molecular formula is C17H17ClFN3O. The van der Waals surface area contributed by atoms with E-state index in [1.165, 1.54) is 18.7 Å². The molecule has 6 heteroatoms. The molecule has 23 heavy (non-hydrogen) atoms. The Hall–Kier alpha value is -1.98. The first-order chi connectivity index (χ1) is 11.2. The molecule has 0 radical (unpaired) electrons. The first-order valence-electron chi connectivity index (χ1n) is 7.52. The van der Waals surface area contributed by atoms with Crippen LogP contribution in [0.2, 0.25) is 5.15 Å². The van der Waals surface area contributed by atoms with Crippen molar-refractivity contribution in [3.63, 3.8) is 0 Å². The first kappa shape index (κ1) is 15.9. The van der Waals surface area contributed by atoms with E-state index in [0.29, 0.717) is 29.1 Å². The van der Waals surface area contributed by atoms with E-state index in [-0.39, 0.29) is 0 Å². The highest BCUT2D eigenvalue weighted by Gasteiger charge is 2.14. The Balaban J connectivity index is 1.69. The summed E-state index contributed by atoms with van der Waals surface area (Å²) in [6, 6.07) is 5.29. The number of hydrogen-bond donors (Lipinski definition) is 1. The molecule has 4 nitrogen and oxygen atoms in total. The van der Waals surface area contributed by atoms with Crippen LogP contribution in [-0.2, 0) is 0 Å². The number of hydrogen-bond acceptors (Lipinski definition) is 4. The largest absolute Gasteiger partial charge is 0.490 e. The lowest BCUT2D eigenvalue weighted by molar-refractivity contribution is 0.276. The van der Waals surface area contributed by atoms with Gasteiger partial charge in [-0.2, -0.15) is 4.39 Å². The Bertz CT molecular complexity index is 702. The van der Waals surface area contributed by atoms with Gasteiger partial charge in [-0.25, -0.2) is 9.97 Å². The normalized spacial score (nSPS) is 17.7. The minimum atomic E-state index is -0.516. The topological polar surface area (TPSA) is 47.0 Å². The van der Waals surface area contributed by atoms with Gasteiger partial charge in [0.25, 0.3) is 0 Å². The number of aromatic nitrogens is 2. The third-order valence-corrected chi connectivity index (χ3v) is 3.98. The van der Waals surface area contributed by atoms with Gasteiger partial charge >= 0.3 is 0 Å². The summed E-state index contributed by atoms with van der Waals surface area (Å²) in [6.07, 6.45) is 8.88. The molecule has 0 spiro atoms. The van der Waals surface area contributed by atoms with E-state index in [9.17, 15) is 4.39 Å². The summed E-state index contributed by atoms with van der Waals surface area (Å²) in [6.45, 7) is 1.66. The van der Waals surface area contributed by atoms with Crippen LogP contribution in [0.25, 0.3) is 12.2 Å². The molecule has 1 aliphatic heterocycles. The maximum atomic E-state index is 13.1. The van der Waals surface area contributed by atoms with Gasteiger partial charge in [-0.05, 0) is 37.1 Å². The Kier molecular flexibility index (Phi) is 5.20. The van der Waals surface area contributed by atoms with Crippen molar-refractivity contribution in [3.05, 3.63) is 52.8 Å². The van der Waals surface area contributed by atoms with Crippen LogP contribution in [0.15, 0.2) is 30.6 Å². The molecule has 0 unspecified atom stereocenters. The molecule has 2 aromatic rings. The van der Waals surface area contributed by atoms with Crippen molar-refractivity contribution < 1.29 is 9.13 Å². The fraction of sp³-hybridized carbons (Fsp3) is 0.294. The van der Waals surface area contributed by atoms with Gasteiger partial charge in [-0.3, -0.25) is 0 Å². The molecule has 1 aliphatic rings. The maximum Gasteiger partial charge on any atom is 0.213 e. The average molecular weight is 334 g/mol. The number of nitrogens with one attached hydrogen (secondary N) is 1. The second kappa shape index (κ2) is 7.53. The molecule has 0 aromatic carbocycles. The standard InChI is InChI=1S/C17H17ClFN3O/c18-17-13(4-3-12-5-7-21-16(19)8-12)9-15(10-22-17)23-11-14-2-1-6-20-14/h3-5,7-10,14,20H,1-2,6,11H2/b4-3+/t14-/m0/s1. The number of pyridine rings is 2. The third kappa shape index (κ3) is 4.50. The first-order valence-corrected chi connectivity index (χ1v) is 7.90. The van der Waals surface area contributed by atoms with Crippen molar-refractivity contribution >= 4 is 23.8 Å². The monoisotopic (exact) mass is 333 g/mol. The molecule has 120 valence electrons. The lowest BCUT2D eigenvalue weighted by atomic mass is 10.2. The smallest absolute Gasteiger partial charge is 0.213 e. The fourth-order valence-corrected chi connectivity index (χ4v) is 2.61. The molecule has 3 heterocycles. The Labute approximate surface area is 139 Å². The molecule has 1 atom stereocenters. The minimum absolute atomic E-state index is 0.377. The third-order valence-electron chi connectivity index (χ3n) is 3.66. The Morgan fingerprint density at radius 1 is 1.35 bits per heavy atom. The van der Waals surface area contributed by atoms with Crippen LogP contribution in [0.1, 0.15) is 24.0 Å². The van der Waals surface area contributed by atoms with Crippen LogP contribution >= 0.6 is 11.6 Å². The number of halogens is 2. The molecule has 0 bridgehead atoms. The van der Waals surface area contributed by atoms with Gasteiger partial charge < -0.3 is 10.1 Å². The second-order valence-electron chi connectivity index (χ2n) is 5.40. The van der Waals surface area contributed by atoms with Gasteiger partial charge in [0.05, 0.1) is 6.20 Å². The summed E-state index contributed by atoms with van der Waals surface area (Å²) in [5.74, 6) is 0.154. The van der Waals surface area contributed by atoms with E-state index in [2.05, 4.69) is 15.3 Å². The summed E-state index contributed by atoms with van der Waals surface area (Å²) in [7, 11) is 0. The molecule has 1 N–H and O–H groups in total. The highest BCUT2D eigenvalue weighted by Crippen LogP contribution is 2.22. The lowest BCUT2D eigenvalue weighted by Crippen LogP contribution is -2.28. The van der Waals surface area contributed by atoms with E-state index in [1.807, 2.05) is 6.07 Å². The molecule has 0 amide bonds. The van der Waals surface area contributed by atoms with E-state index in [0.717, 1.165) is 18.5 Å². The maximum absolute atomic E-state index is 13.1. The number of ether oxygens (including phenoxy) is 1. The summed E-state index contributed by atoms with van der Waals surface area (Å²) in [4.78, 5) is 7.66. The molecule has 3 rings (SSSR count). The van der Waals surface area contributed by atoms with Crippen molar-refractivity contribution in [1.29, 1.82) is 0 Å². The van der Waals surface area contributed by atoms with Crippen molar-refractivity contribution in [2.24, 2.45) is 0 Å². The van der Waals surface area contributed by atoms with E-state index in [1.54, 1.807) is 24.4 Å². The van der Waals surface area contributed by atoms with Gasteiger partial charge in [-0.1, -0.05) is 23.8 Å². The Morgan fingerprint density at radius 2 is 2.26 bits per heavy atom. The second-order valence-corrected chi connectivity index (χ2v) is 5.76. The molecule has 0 aliphatic carbocycles.